The fourth-order valence-electron chi connectivity index (χ4n) is 3.39. The lowest BCUT2D eigenvalue weighted by Gasteiger charge is -2.25. The van der Waals surface area contributed by atoms with Gasteiger partial charge in [-0.15, -0.1) is 0 Å². The first kappa shape index (κ1) is 19.1. The van der Waals surface area contributed by atoms with E-state index in [1.165, 1.54) is 0 Å². The van der Waals surface area contributed by atoms with E-state index in [-0.39, 0.29) is 17.7 Å². The van der Waals surface area contributed by atoms with Crippen LogP contribution in [0.25, 0.3) is 0 Å². The normalized spacial score (nSPS) is 19.4. The van der Waals surface area contributed by atoms with E-state index < -0.39 is 5.97 Å². The number of hydrogen-bond acceptors (Lipinski definition) is 3. The number of aliphatic carboxylic acids is 1. The minimum atomic E-state index is -0.751. The van der Waals surface area contributed by atoms with E-state index in [0.29, 0.717) is 38.9 Å². The zero-order valence-corrected chi connectivity index (χ0v) is 15.3. The lowest BCUT2D eigenvalue weighted by Crippen LogP contribution is -2.29. The van der Waals surface area contributed by atoms with Gasteiger partial charge >= 0.3 is 5.97 Å². The molecule has 1 saturated carbocycles. The third-order valence-electron chi connectivity index (χ3n) is 5.05. The van der Waals surface area contributed by atoms with Gasteiger partial charge in [-0.2, -0.15) is 0 Å². The summed E-state index contributed by atoms with van der Waals surface area (Å²) in [6.45, 7) is 1.08. The Balaban J connectivity index is 1.43. The summed E-state index contributed by atoms with van der Waals surface area (Å²) in [6.07, 6.45) is 2.42. The van der Waals surface area contributed by atoms with Crippen molar-refractivity contribution in [1.29, 1.82) is 0 Å². The first-order chi connectivity index (χ1) is 13.1. The van der Waals surface area contributed by atoms with Crippen molar-refractivity contribution in [2.24, 2.45) is 11.8 Å². The molecule has 0 radical (unpaired) electrons. The van der Waals surface area contributed by atoms with Crippen molar-refractivity contribution in [1.82, 2.24) is 0 Å². The van der Waals surface area contributed by atoms with Crippen molar-refractivity contribution < 1.29 is 19.4 Å². The largest absolute Gasteiger partial charge is 0.481 e. The van der Waals surface area contributed by atoms with Gasteiger partial charge in [0, 0.05) is 11.6 Å². The number of carbonyl (C=O) groups excluding carboxylic acids is 1. The van der Waals surface area contributed by atoms with Crippen LogP contribution in [-0.4, -0.2) is 17.0 Å². The molecule has 1 fully saturated rings. The highest BCUT2D eigenvalue weighted by molar-refractivity contribution is 5.92. The minimum Gasteiger partial charge on any atom is -0.481 e. The topological polar surface area (TPSA) is 75.6 Å². The maximum Gasteiger partial charge on any atom is 0.306 e. The summed E-state index contributed by atoms with van der Waals surface area (Å²) in [7, 11) is 0. The van der Waals surface area contributed by atoms with E-state index in [0.717, 1.165) is 16.8 Å². The maximum absolute atomic E-state index is 12.4. The Bertz CT molecular complexity index is 750. The van der Waals surface area contributed by atoms with E-state index in [2.05, 4.69) is 5.32 Å². The molecule has 1 amide bonds. The van der Waals surface area contributed by atoms with Crippen LogP contribution in [0.1, 0.15) is 36.8 Å². The molecule has 1 aliphatic carbocycles. The number of carboxylic acid groups (broad SMARTS) is 1. The molecule has 1 aliphatic rings. The molecule has 2 aromatic rings. The van der Waals surface area contributed by atoms with E-state index in [1.54, 1.807) is 0 Å². The number of carboxylic acids is 1. The third-order valence-corrected chi connectivity index (χ3v) is 5.05. The van der Waals surface area contributed by atoms with Gasteiger partial charge in [-0.25, -0.2) is 0 Å². The van der Waals surface area contributed by atoms with Crippen LogP contribution < -0.4 is 5.32 Å². The molecule has 0 bridgehead atoms. The summed E-state index contributed by atoms with van der Waals surface area (Å²) in [6, 6.07) is 17.7. The van der Waals surface area contributed by atoms with Gasteiger partial charge in [-0.3, -0.25) is 9.59 Å². The van der Waals surface area contributed by atoms with Crippen LogP contribution in [0, 0.1) is 11.8 Å². The SMILES string of the molecule is O=C(O)C1CCC(C(=O)Nc2ccc(COCc3ccccc3)cc2)CC1. The summed E-state index contributed by atoms with van der Waals surface area (Å²) >= 11 is 0. The van der Waals surface area contributed by atoms with E-state index in [1.807, 2.05) is 54.6 Å². The summed E-state index contributed by atoms with van der Waals surface area (Å²) in [5.74, 6) is -1.18. The standard InChI is InChI=1S/C22H25NO4/c24-21(18-8-10-19(11-9-18)22(25)26)23-20-12-6-17(7-13-20)15-27-14-16-4-2-1-3-5-16/h1-7,12-13,18-19H,8-11,14-15H2,(H,23,24)(H,25,26). The van der Waals surface area contributed by atoms with Crippen molar-refractivity contribution in [3.8, 4) is 0 Å². The van der Waals surface area contributed by atoms with Gasteiger partial charge in [0.2, 0.25) is 5.91 Å². The summed E-state index contributed by atoms with van der Waals surface area (Å²) in [5, 5.41) is 12.0. The molecular formula is C22H25NO4. The molecule has 0 unspecified atom stereocenters. The molecule has 0 atom stereocenters. The summed E-state index contributed by atoms with van der Waals surface area (Å²) in [5.41, 5.74) is 2.94. The van der Waals surface area contributed by atoms with Crippen molar-refractivity contribution in [3.05, 3.63) is 65.7 Å². The molecule has 2 N–H and O–H groups in total. The van der Waals surface area contributed by atoms with Crippen LogP contribution in [0.15, 0.2) is 54.6 Å². The zero-order chi connectivity index (χ0) is 19.1. The van der Waals surface area contributed by atoms with Crippen LogP contribution in [0.4, 0.5) is 5.69 Å². The fourth-order valence-corrected chi connectivity index (χ4v) is 3.39. The second kappa shape index (κ2) is 9.33. The number of ether oxygens (including phenoxy) is 1. The van der Waals surface area contributed by atoms with Gasteiger partial charge in [0.15, 0.2) is 0 Å². The molecule has 142 valence electrons. The first-order valence-electron chi connectivity index (χ1n) is 9.36. The molecule has 5 nitrogen and oxygen atoms in total. The van der Waals surface area contributed by atoms with Crippen LogP contribution in [0.3, 0.4) is 0 Å². The highest BCUT2D eigenvalue weighted by atomic mass is 16.5. The van der Waals surface area contributed by atoms with E-state index >= 15 is 0 Å². The number of rotatable bonds is 7. The van der Waals surface area contributed by atoms with E-state index in [9.17, 15) is 9.59 Å². The van der Waals surface area contributed by atoms with Crippen molar-refractivity contribution in [2.75, 3.05) is 5.32 Å². The molecule has 0 spiro atoms. The van der Waals surface area contributed by atoms with Gasteiger partial charge < -0.3 is 15.2 Å². The summed E-state index contributed by atoms with van der Waals surface area (Å²) in [4.78, 5) is 23.4. The van der Waals surface area contributed by atoms with Crippen LogP contribution in [0.5, 0.6) is 0 Å². The summed E-state index contributed by atoms with van der Waals surface area (Å²) < 4.78 is 5.72. The number of amides is 1. The zero-order valence-electron chi connectivity index (χ0n) is 15.3. The first-order valence-corrected chi connectivity index (χ1v) is 9.36. The Morgan fingerprint density at radius 1 is 0.852 bits per heavy atom. The van der Waals surface area contributed by atoms with Gasteiger partial charge in [0.1, 0.15) is 0 Å². The average Bonchev–Trinajstić information content (AvgIpc) is 2.70. The Morgan fingerprint density at radius 3 is 2.00 bits per heavy atom. The molecular weight excluding hydrogens is 342 g/mol. The number of benzene rings is 2. The molecule has 27 heavy (non-hydrogen) atoms. The Labute approximate surface area is 159 Å². The molecule has 0 aliphatic heterocycles. The molecule has 5 heteroatoms. The molecule has 0 heterocycles. The van der Waals surface area contributed by atoms with Gasteiger partial charge in [0.25, 0.3) is 0 Å². The van der Waals surface area contributed by atoms with E-state index in [4.69, 9.17) is 9.84 Å². The third kappa shape index (κ3) is 5.66. The molecule has 0 saturated heterocycles. The predicted molar refractivity (Wildman–Crippen MR) is 103 cm³/mol. The second-order valence-electron chi connectivity index (χ2n) is 7.05. The second-order valence-corrected chi connectivity index (χ2v) is 7.05. The maximum atomic E-state index is 12.4. The molecule has 3 rings (SSSR count). The number of hydrogen-bond donors (Lipinski definition) is 2. The van der Waals surface area contributed by atoms with Crippen LogP contribution in [-0.2, 0) is 27.5 Å². The number of nitrogens with one attached hydrogen (secondary N) is 1. The molecule has 0 aromatic heterocycles. The highest BCUT2D eigenvalue weighted by Crippen LogP contribution is 2.29. The number of carbonyl (C=O) groups is 2. The Morgan fingerprint density at radius 2 is 1.41 bits per heavy atom. The average molecular weight is 367 g/mol. The van der Waals surface area contributed by atoms with Crippen LogP contribution >= 0.6 is 0 Å². The lowest BCUT2D eigenvalue weighted by molar-refractivity contribution is -0.143. The monoisotopic (exact) mass is 367 g/mol. The molecule has 2 aromatic carbocycles. The van der Waals surface area contributed by atoms with Gasteiger partial charge in [-0.05, 0) is 48.9 Å². The smallest absolute Gasteiger partial charge is 0.306 e. The van der Waals surface area contributed by atoms with Crippen molar-refractivity contribution in [2.45, 2.75) is 38.9 Å². The quantitative estimate of drug-likeness (QED) is 0.768. The lowest BCUT2D eigenvalue weighted by atomic mass is 9.81. The van der Waals surface area contributed by atoms with Crippen molar-refractivity contribution in [3.63, 3.8) is 0 Å². The van der Waals surface area contributed by atoms with Crippen LogP contribution in [0.2, 0.25) is 0 Å². The van der Waals surface area contributed by atoms with Crippen molar-refractivity contribution >= 4 is 17.6 Å². The number of anilines is 1. The fraction of sp³-hybridized carbons (Fsp3) is 0.364. The Hall–Kier alpha value is -2.66. The minimum absolute atomic E-state index is 0.0214. The highest BCUT2D eigenvalue weighted by Gasteiger charge is 2.29. The van der Waals surface area contributed by atoms with Gasteiger partial charge in [0.05, 0.1) is 19.1 Å². The van der Waals surface area contributed by atoms with Gasteiger partial charge in [-0.1, -0.05) is 42.5 Å². The Kier molecular flexibility index (Phi) is 6.60. The predicted octanol–water partition coefficient (Wildman–Crippen LogP) is 4.23.